The number of hydrogen-bond donors (Lipinski definition) is 2. The van der Waals surface area contributed by atoms with E-state index in [1.807, 2.05) is 35.6 Å². The van der Waals surface area contributed by atoms with Crippen LogP contribution in [-0.2, 0) is 24.2 Å². The molecule has 0 aliphatic carbocycles. The van der Waals surface area contributed by atoms with Gasteiger partial charge in [-0.2, -0.15) is 0 Å². The second kappa shape index (κ2) is 9.89. The SMILES string of the molecule is Cl.Cl.Nc1ccc(CC(=O)NCCN2CCc3sccc3C2)cc1. The van der Waals surface area contributed by atoms with Crippen molar-refractivity contribution in [2.45, 2.75) is 19.4 Å². The third-order valence-corrected chi connectivity index (χ3v) is 5.00. The molecule has 24 heavy (non-hydrogen) atoms. The number of amides is 1. The molecular weight excluding hydrogens is 365 g/mol. The summed E-state index contributed by atoms with van der Waals surface area (Å²) in [6.07, 6.45) is 1.54. The first kappa shape index (κ1) is 20.8. The number of hydrogen-bond acceptors (Lipinski definition) is 4. The van der Waals surface area contributed by atoms with E-state index in [1.54, 1.807) is 0 Å². The second-order valence-electron chi connectivity index (χ2n) is 5.66. The average Bonchev–Trinajstić information content (AvgIpc) is 2.97. The summed E-state index contributed by atoms with van der Waals surface area (Å²) in [7, 11) is 0. The monoisotopic (exact) mass is 387 g/mol. The lowest BCUT2D eigenvalue weighted by atomic mass is 10.1. The molecule has 1 aliphatic heterocycles. The highest BCUT2D eigenvalue weighted by Gasteiger charge is 2.16. The number of carbonyl (C=O) groups excluding carboxylic acids is 1. The fourth-order valence-corrected chi connectivity index (χ4v) is 3.62. The van der Waals surface area contributed by atoms with Crippen molar-refractivity contribution in [1.29, 1.82) is 0 Å². The number of thiophene rings is 1. The molecule has 1 aromatic heterocycles. The normalized spacial score (nSPS) is 13.3. The minimum absolute atomic E-state index is 0. The van der Waals surface area contributed by atoms with Crippen molar-refractivity contribution in [1.82, 2.24) is 10.2 Å². The molecule has 3 N–H and O–H groups in total. The van der Waals surface area contributed by atoms with Gasteiger partial charge in [0.25, 0.3) is 0 Å². The van der Waals surface area contributed by atoms with Gasteiger partial charge in [-0.25, -0.2) is 0 Å². The number of rotatable bonds is 5. The van der Waals surface area contributed by atoms with Crippen molar-refractivity contribution in [3.63, 3.8) is 0 Å². The van der Waals surface area contributed by atoms with Crippen LogP contribution < -0.4 is 11.1 Å². The summed E-state index contributed by atoms with van der Waals surface area (Å²) in [4.78, 5) is 15.9. The Morgan fingerprint density at radius 1 is 1.21 bits per heavy atom. The molecular formula is C17H23Cl2N3OS. The van der Waals surface area contributed by atoms with Gasteiger partial charge in [0.1, 0.15) is 0 Å². The number of benzene rings is 1. The van der Waals surface area contributed by atoms with Crippen molar-refractivity contribution in [3.05, 3.63) is 51.7 Å². The number of fused-ring (bicyclic) bond motifs is 1. The van der Waals surface area contributed by atoms with Crippen LogP contribution in [0.1, 0.15) is 16.0 Å². The van der Waals surface area contributed by atoms with Crippen LogP contribution in [0.3, 0.4) is 0 Å². The summed E-state index contributed by atoms with van der Waals surface area (Å²) >= 11 is 1.85. The average molecular weight is 388 g/mol. The fraction of sp³-hybridized carbons (Fsp3) is 0.353. The fourth-order valence-electron chi connectivity index (χ4n) is 2.73. The first-order valence-corrected chi connectivity index (χ1v) is 8.47. The largest absolute Gasteiger partial charge is 0.399 e. The zero-order valence-corrected chi connectivity index (χ0v) is 15.8. The van der Waals surface area contributed by atoms with Crippen molar-refractivity contribution in [3.8, 4) is 0 Å². The Hall–Kier alpha value is -1.27. The summed E-state index contributed by atoms with van der Waals surface area (Å²) in [6.45, 7) is 3.70. The molecule has 0 saturated carbocycles. The van der Waals surface area contributed by atoms with E-state index in [9.17, 15) is 4.79 Å². The van der Waals surface area contributed by atoms with Gasteiger partial charge in [0.05, 0.1) is 6.42 Å². The standard InChI is InChI=1S/C17H21N3OS.2ClH/c18-15-3-1-13(2-4-15)11-17(21)19-7-9-20-8-5-16-14(12-20)6-10-22-16;;/h1-4,6,10H,5,7-9,11-12,18H2,(H,19,21);2*1H. The Kier molecular flexibility index (Phi) is 8.56. The molecule has 1 aliphatic rings. The van der Waals surface area contributed by atoms with Gasteiger partial charge in [-0.1, -0.05) is 12.1 Å². The Balaban J connectivity index is 0.00000144. The summed E-state index contributed by atoms with van der Waals surface area (Å²) in [5.41, 5.74) is 8.81. The number of nitrogens with two attached hydrogens (primary N) is 1. The van der Waals surface area contributed by atoms with Crippen molar-refractivity contribution < 1.29 is 4.79 Å². The van der Waals surface area contributed by atoms with Crippen LogP contribution in [0.15, 0.2) is 35.7 Å². The lowest BCUT2D eigenvalue weighted by Gasteiger charge is -2.26. The number of halogens is 2. The molecule has 132 valence electrons. The van der Waals surface area contributed by atoms with Gasteiger partial charge in [-0.3, -0.25) is 9.69 Å². The summed E-state index contributed by atoms with van der Waals surface area (Å²) in [5, 5.41) is 5.17. The van der Waals surface area contributed by atoms with E-state index < -0.39 is 0 Å². The van der Waals surface area contributed by atoms with Crippen molar-refractivity contribution in [2.75, 3.05) is 25.4 Å². The molecule has 0 fully saturated rings. The molecule has 0 spiro atoms. The number of anilines is 1. The van der Waals surface area contributed by atoms with Crippen LogP contribution in [0.2, 0.25) is 0 Å². The molecule has 0 unspecified atom stereocenters. The molecule has 3 rings (SSSR count). The molecule has 1 aromatic carbocycles. The summed E-state index contributed by atoms with van der Waals surface area (Å²) < 4.78 is 0. The van der Waals surface area contributed by atoms with Crippen LogP contribution in [0.5, 0.6) is 0 Å². The van der Waals surface area contributed by atoms with Gasteiger partial charge in [0, 0.05) is 36.7 Å². The number of nitrogens with zero attached hydrogens (tertiary/aromatic N) is 1. The van der Waals surface area contributed by atoms with Crippen LogP contribution in [0.25, 0.3) is 0 Å². The molecule has 2 aromatic rings. The second-order valence-corrected chi connectivity index (χ2v) is 6.66. The smallest absolute Gasteiger partial charge is 0.224 e. The third-order valence-electron chi connectivity index (χ3n) is 3.98. The van der Waals surface area contributed by atoms with E-state index in [4.69, 9.17) is 5.73 Å². The maximum absolute atomic E-state index is 11.9. The highest BCUT2D eigenvalue weighted by Crippen LogP contribution is 2.23. The predicted molar refractivity (Wildman–Crippen MR) is 105 cm³/mol. The molecule has 1 amide bonds. The molecule has 0 atom stereocenters. The molecule has 4 nitrogen and oxygen atoms in total. The zero-order chi connectivity index (χ0) is 15.4. The van der Waals surface area contributed by atoms with E-state index in [-0.39, 0.29) is 30.7 Å². The number of carbonyl (C=O) groups is 1. The molecule has 2 heterocycles. The Morgan fingerprint density at radius 2 is 1.96 bits per heavy atom. The summed E-state index contributed by atoms with van der Waals surface area (Å²) in [5.74, 6) is 0.0676. The maximum Gasteiger partial charge on any atom is 0.224 e. The van der Waals surface area contributed by atoms with Crippen LogP contribution >= 0.6 is 36.2 Å². The van der Waals surface area contributed by atoms with Crippen molar-refractivity contribution in [2.24, 2.45) is 0 Å². The third kappa shape index (κ3) is 5.67. The number of nitrogens with one attached hydrogen (secondary N) is 1. The van der Waals surface area contributed by atoms with E-state index in [0.717, 1.165) is 37.3 Å². The Bertz CT molecular complexity index is 646. The van der Waals surface area contributed by atoms with E-state index >= 15 is 0 Å². The van der Waals surface area contributed by atoms with Crippen molar-refractivity contribution >= 4 is 47.7 Å². The van der Waals surface area contributed by atoms with E-state index in [1.165, 1.54) is 10.4 Å². The quantitative estimate of drug-likeness (QED) is 0.775. The minimum Gasteiger partial charge on any atom is -0.399 e. The Morgan fingerprint density at radius 3 is 2.71 bits per heavy atom. The molecule has 0 bridgehead atoms. The van der Waals surface area contributed by atoms with Gasteiger partial charge < -0.3 is 11.1 Å². The zero-order valence-electron chi connectivity index (χ0n) is 13.4. The maximum atomic E-state index is 11.9. The van der Waals surface area contributed by atoms with Gasteiger partial charge in [0.2, 0.25) is 5.91 Å². The topological polar surface area (TPSA) is 58.4 Å². The van der Waals surface area contributed by atoms with Gasteiger partial charge in [-0.05, 0) is 41.1 Å². The minimum atomic E-state index is 0. The van der Waals surface area contributed by atoms with E-state index in [0.29, 0.717) is 13.0 Å². The number of nitrogen functional groups attached to an aromatic ring is 1. The highest BCUT2D eigenvalue weighted by molar-refractivity contribution is 7.10. The lowest BCUT2D eigenvalue weighted by Crippen LogP contribution is -2.37. The molecule has 7 heteroatoms. The first-order valence-electron chi connectivity index (χ1n) is 7.59. The van der Waals surface area contributed by atoms with E-state index in [2.05, 4.69) is 21.7 Å². The van der Waals surface area contributed by atoms with Gasteiger partial charge in [-0.15, -0.1) is 36.2 Å². The first-order chi connectivity index (χ1) is 10.7. The summed E-state index contributed by atoms with van der Waals surface area (Å²) in [6, 6.07) is 9.67. The molecule has 0 saturated heterocycles. The predicted octanol–water partition coefficient (Wildman–Crippen LogP) is 2.89. The van der Waals surface area contributed by atoms with Gasteiger partial charge in [0.15, 0.2) is 0 Å². The molecule has 0 radical (unpaired) electrons. The van der Waals surface area contributed by atoms with Gasteiger partial charge >= 0.3 is 0 Å². The van der Waals surface area contributed by atoms with Crippen LogP contribution in [0.4, 0.5) is 5.69 Å². The lowest BCUT2D eigenvalue weighted by molar-refractivity contribution is -0.120. The van der Waals surface area contributed by atoms with Crippen LogP contribution in [0, 0.1) is 0 Å². The van der Waals surface area contributed by atoms with Crippen LogP contribution in [-0.4, -0.2) is 30.4 Å². The Labute approximate surface area is 159 Å². The highest BCUT2D eigenvalue weighted by atomic mass is 35.5.